The summed E-state index contributed by atoms with van der Waals surface area (Å²) in [4.78, 5) is 0. The number of hydrogen-bond acceptors (Lipinski definition) is 0. The van der Waals surface area contributed by atoms with Crippen molar-refractivity contribution in [2.24, 2.45) is 0 Å². The van der Waals surface area contributed by atoms with Crippen LogP contribution in [-0.2, 0) is 0 Å². The number of fused-ring (bicyclic) bond motifs is 3. The van der Waals surface area contributed by atoms with Crippen LogP contribution in [0, 0.1) is 11.8 Å². The molecule has 6 rings (SSSR count). The summed E-state index contributed by atoms with van der Waals surface area (Å²) in [6, 6.07) is 42.8. The number of hydrogen-bond donors (Lipinski definition) is 0. The number of benzene rings is 6. The molecule has 6 aromatic rings. The molecule has 0 radical (unpaired) electrons. The third-order valence-electron chi connectivity index (χ3n) is 6.06. The van der Waals surface area contributed by atoms with Gasteiger partial charge in [-0.1, -0.05) is 109 Å². The molecule has 0 saturated heterocycles. The Morgan fingerprint density at radius 1 is 0.406 bits per heavy atom. The molecule has 0 saturated carbocycles. The molecule has 32 heavy (non-hydrogen) atoms. The third kappa shape index (κ3) is 3.13. The van der Waals surface area contributed by atoms with Gasteiger partial charge in [-0.15, -0.1) is 0 Å². The van der Waals surface area contributed by atoms with E-state index in [1.807, 2.05) is 18.2 Å². The van der Waals surface area contributed by atoms with E-state index in [-0.39, 0.29) is 0 Å². The van der Waals surface area contributed by atoms with E-state index in [0.717, 1.165) is 11.1 Å². The Morgan fingerprint density at radius 3 is 1.69 bits per heavy atom. The fourth-order valence-corrected chi connectivity index (χ4v) is 4.57. The zero-order valence-corrected chi connectivity index (χ0v) is 17.5. The lowest BCUT2D eigenvalue weighted by atomic mass is 9.87. The van der Waals surface area contributed by atoms with Crippen LogP contribution in [0.3, 0.4) is 0 Å². The average Bonchev–Trinajstić information content (AvgIpc) is 2.86. The molecule has 0 N–H and O–H groups in total. The van der Waals surface area contributed by atoms with Gasteiger partial charge in [-0.3, -0.25) is 0 Å². The predicted octanol–water partition coefficient (Wildman–Crippen LogP) is 8.21. The first-order chi connectivity index (χ1) is 15.9. The summed E-state index contributed by atoms with van der Waals surface area (Å²) in [5.74, 6) is 6.94. The highest BCUT2D eigenvalue weighted by Crippen LogP contribution is 2.40. The van der Waals surface area contributed by atoms with Crippen molar-refractivity contribution in [1.82, 2.24) is 0 Å². The molecule has 0 atom stereocenters. The van der Waals surface area contributed by atoms with Gasteiger partial charge in [0.1, 0.15) is 0 Å². The summed E-state index contributed by atoms with van der Waals surface area (Å²) in [5, 5.41) is 7.35. The van der Waals surface area contributed by atoms with Crippen molar-refractivity contribution in [3.8, 4) is 23.0 Å². The molecule has 0 aliphatic rings. The van der Waals surface area contributed by atoms with Crippen molar-refractivity contribution >= 4 is 32.3 Å². The van der Waals surface area contributed by atoms with Crippen LogP contribution in [0.15, 0.2) is 121 Å². The van der Waals surface area contributed by atoms with Crippen LogP contribution in [0.25, 0.3) is 43.4 Å². The van der Waals surface area contributed by atoms with Gasteiger partial charge >= 0.3 is 0 Å². The summed E-state index contributed by atoms with van der Waals surface area (Å²) < 4.78 is 0. The molecule has 0 amide bonds. The topological polar surface area (TPSA) is 0 Å². The Bertz CT molecular complexity index is 1650. The zero-order valence-electron chi connectivity index (χ0n) is 17.5. The maximum atomic E-state index is 3.54. The summed E-state index contributed by atoms with van der Waals surface area (Å²) in [6.45, 7) is 0. The maximum absolute atomic E-state index is 3.54. The molecule has 0 aliphatic heterocycles. The monoisotopic (exact) mass is 404 g/mol. The standard InChI is InChI=1S/C32H20/c1-3-11-23(12-4-1)19-20-28-27-17-9-10-18-29(27)32(24-13-5-2-6-14-24)31-22-26-16-8-7-15-25(26)21-30(28)31/h1-18,21-22H. The van der Waals surface area contributed by atoms with Crippen molar-refractivity contribution in [3.05, 3.63) is 132 Å². The van der Waals surface area contributed by atoms with Gasteiger partial charge in [-0.05, 0) is 67.7 Å². The first kappa shape index (κ1) is 18.4. The fraction of sp³-hybridized carbons (Fsp3) is 0. The first-order valence-corrected chi connectivity index (χ1v) is 10.9. The summed E-state index contributed by atoms with van der Waals surface area (Å²) in [5.41, 5.74) is 4.61. The van der Waals surface area contributed by atoms with E-state index in [2.05, 4.69) is 115 Å². The second kappa shape index (κ2) is 7.73. The van der Waals surface area contributed by atoms with Crippen LogP contribution in [0.1, 0.15) is 11.1 Å². The van der Waals surface area contributed by atoms with E-state index in [1.165, 1.54) is 43.4 Å². The highest BCUT2D eigenvalue weighted by atomic mass is 14.2. The van der Waals surface area contributed by atoms with Crippen molar-refractivity contribution in [3.63, 3.8) is 0 Å². The van der Waals surface area contributed by atoms with E-state index in [9.17, 15) is 0 Å². The minimum atomic E-state index is 1.03. The summed E-state index contributed by atoms with van der Waals surface area (Å²) in [7, 11) is 0. The Morgan fingerprint density at radius 2 is 0.969 bits per heavy atom. The van der Waals surface area contributed by atoms with E-state index in [4.69, 9.17) is 0 Å². The molecule has 0 nitrogen and oxygen atoms in total. The molecule has 0 bridgehead atoms. The molecular formula is C32H20. The maximum Gasteiger partial charge on any atom is 0.0406 e. The van der Waals surface area contributed by atoms with Gasteiger partial charge in [0.2, 0.25) is 0 Å². The van der Waals surface area contributed by atoms with Gasteiger partial charge in [0.25, 0.3) is 0 Å². The van der Waals surface area contributed by atoms with E-state index in [1.54, 1.807) is 0 Å². The average molecular weight is 405 g/mol. The minimum absolute atomic E-state index is 1.03. The second-order valence-electron chi connectivity index (χ2n) is 8.02. The molecule has 0 heteroatoms. The van der Waals surface area contributed by atoms with Crippen molar-refractivity contribution < 1.29 is 0 Å². The van der Waals surface area contributed by atoms with Crippen LogP contribution in [0.2, 0.25) is 0 Å². The third-order valence-corrected chi connectivity index (χ3v) is 6.06. The summed E-state index contributed by atoms with van der Waals surface area (Å²) >= 11 is 0. The molecule has 0 heterocycles. The Balaban J connectivity index is 1.79. The Kier molecular flexibility index (Phi) is 4.45. The van der Waals surface area contributed by atoms with Crippen molar-refractivity contribution in [1.29, 1.82) is 0 Å². The molecular weight excluding hydrogens is 384 g/mol. The van der Waals surface area contributed by atoms with Gasteiger partial charge in [0, 0.05) is 11.1 Å². The largest absolute Gasteiger partial charge is 0.0622 e. The zero-order chi connectivity index (χ0) is 21.3. The lowest BCUT2D eigenvalue weighted by Crippen LogP contribution is -1.91. The molecule has 0 unspecified atom stereocenters. The lowest BCUT2D eigenvalue weighted by molar-refractivity contribution is 1.64. The van der Waals surface area contributed by atoms with Gasteiger partial charge in [0.05, 0.1) is 0 Å². The van der Waals surface area contributed by atoms with Gasteiger partial charge < -0.3 is 0 Å². The Hall–Kier alpha value is -4.34. The van der Waals surface area contributed by atoms with Crippen molar-refractivity contribution in [2.45, 2.75) is 0 Å². The molecule has 6 aromatic carbocycles. The molecule has 0 spiro atoms. The molecule has 0 aromatic heterocycles. The first-order valence-electron chi connectivity index (χ1n) is 10.9. The van der Waals surface area contributed by atoms with Crippen molar-refractivity contribution in [2.75, 3.05) is 0 Å². The smallest absolute Gasteiger partial charge is 0.0406 e. The fourth-order valence-electron chi connectivity index (χ4n) is 4.57. The number of rotatable bonds is 1. The Labute approximate surface area is 187 Å². The highest BCUT2D eigenvalue weighted by molar-refractivity contribution is 6.19. The van der Waals surface area contributed by atoms with E-state index in [0.29, 0.717) is 0 Å². The molecule has 0 aliphatic carbocycles. The predicted molar refractivity (Wildman–Crippen MR) is 137 cm³/mol. The lowest BCUT2D eigenvalue weighted by Gasteiger charge is -2.16. The van der Waals surface area contributed by atoms with Crippen LogP contribution in [-0.4, -0.2) is 0 Å². The SMILES string of the molecule is C(#Cc1c2ccccc2c(-c2ccccc2)c2cc3ccccc3cc12)c1ccccc1. The van der Waals surface area contributed by atoms with Gasteiger partial charge in [-0.25, -0.2) is 0 Å². The summed E-state index contributed by atoms with van der Waals surface area (Å²) in [6.07, 6.45) is 0. The quantitative estimate of drug-likeness (QED) is 0.191. The van der Waals surface area contributed by atoms with Crippen LogP contribution >= 0.6 is 0 Å². The van der Waals surface area contributed by atoms with Gasteiger partial charge in [-0.2, -0.15) is 0 Å². The highest BCUT2D eigenvalue weighted by Gasteiger charge is 2.15. The van der Waals surface area contributed by atoms with Gasteiger partial charge in [0.15, 0.2) is 0 Å². The minimum Gasteiger partial charge on any atom is -0.0622 e. The van der Waals surface area contributed by atoms with Crippen LogP contribution < -0.4 is 0 Å². The normalized spacial score (nSPS) is 10.9. The van der Waals surface area contributed by atoms with Crippen LogP contribution in [0.4, 0.5) is 0 Å². The molecule has 0 fully saturated rings. The van der Waals surface area contributed by atoms with Crippen LogP contribution in [0.5, 0.6) is 0 Å². The second-order valence-corrected chi connectivity index (χ2v) is 8.02. The molecule has 148 valence electrons. The van der Waals surface area contributed by atoms with E-state index < -0.39 is 0 Å². The van der Waals surface area contributed by atoms with E-state index >= 15 is 0 Å².